The first-order valence-corrected chi connectivity index (χ1v) is 11.2. The average Bonchev–Trinajstić information content (AvgIpc) is 2.86. The van der Waals surface area contributed by atoms with Gasteiger partial charge in [0.1, 0.15) is 0 Å². The quantitative estimate of drug-likeness (QED) is 0.354. The molecule has 35 heavy (non-hydrogen) atoms. The number of nitrogens with two attached hydrogens (primary N) is 1. The van der Waals surface area contributed by atoms with Crippen molar-refractivity contribution < 1.29 is 19.0 Å². The molecule has 1 saturated heterocycles. The summed E-state index contributed by atoms with van der Waals surface area (Å²) in [5, 5.41) is 13.7. The highest BCUT2D eigenvalue weighted by atomic mass is 19.1. The van der Waals surface area contributed by atoms with Crippen molar-refractivity contribution in [1.82, 2.24) is 19.9 Å². The van der Waals surface area contributed by atoms with E-state index in [2.05, 4.69) is 20.3 Å². The van der Waals surface area contributed by atoms with Crippen molar-refractivity contribution in [3.63, 3.8) is 0 Å². The van der Waals surface area contributed by atoms with Gasteiger partial charge in [-0.1, -0.05) is 12.1 Å². The van der Waals surface area contributed by atoms with E-state index in [0.717, 1.165) is 12.8 Å². The fraction of sp³-hybridized carbons (Fsp3) is 0.200. The molecule has 1 fully saturated rings. The number of carbonyl (C=O) groups is 1. The Morgan fingerprint density at radius 3 is 2.86 bits per heavy atom. The number of nitrogens with zero attached hydrogens (tertiary/aromatic N) is 4. The molecule has 178 valence electrons. The van der Waals surface area contributed by atoms with Gasteiger partial charge in [0.15, 0.2) is 11.6 Å². The van der Waals surface area contributed by atoms with Crippen LogP contribution in [0.5, 0.6) is 11.6 Å². The summed E-state index contributed by atoms with van der Waals surface area (Å²) in [6, 6.07) is 13.3. The van der Waals surface area contributed by atoms with Gasteiger partial charge in [-0.05, 0) is 49.2 Å². The molecule has 9 nitrogen and oxygen atoms in total. The van der Waals surface area contributed by atoms with Crippen molar-refractivity contribution >= 4 is 28.5 Å². The molecule has 0 saturated carbocycles. The Hall–Kier alpha value is -4.47. The lowest BCUT2D eigenvalue weighted by Crippen LogP contribution is -2.44. The molecule has 1 aliphatic heterocycles. The van der Waals surface area contributed by atoms with Crippen LogP contribution in [0.1, 0.15) is 12.8 Å². The van der Waals surface area contributed by atoms with E-state index in [1.54, 1.807) is 54.9 Å². The molecule has 2 aromatic carbocycles. The first-order valence-electron chi connectivity index (χ1n) is 11.2. The molecule has 10 heteroatoms. The number of benzene rings is 2. The van der Waals surface area contributed by atoms with Crippen LogP contribution in [0.25, 0.3) is 22.0 Å². The Morgan fingerprint density at radius 2 is 2.00 bits per heavy atom. The average molecular weight is 474 g/mol. The second-order valence-corrected chi connectivity index (χ2v) is 8.25. The van der Waals surface area contributed by atoms with Gasteiger partial charge < -0.3 is 25.8 Å². The minimum absolute atomic E-state index is 0.0260. The minimum atomic E-state index is -0.939. The number of anilines is 2. The van der Waals surface area contributed by atoms with Crippen LogP contribution in [0.4, 0.5) is 20.8 Å². The van der Waals surface area contributed by atoms with E-state index in [4.69, 9.17) is 10.5 Å². The summed E-state index contributed by atoms with van der Waals surface area (Å²) >= 11 is 0. The zero-order chi connectivity index (χ0) is 24.4. The van der Waals surface area contributed by atoms with Crippen molar-refractivity contribution in [2.45, 2.75) is 18.9 Å². The molecule has 0 aliphatic carbocycles. The lowest BCUT2D eigenvalue weighted by molar-refractivity contribution is 0.132. The summed E-state index contributed by atoms with van der Waals surface area (Å²) in [6.45, 7) is 0.870. The number of rotatable bonds is 5. The van der Waals surface area contributed by atoms with Crippen LogP contribution in [0.15, 0.2) is 60.9 Å². The first-order chi connectivity index (χ1) is 17.0. The van der Waals surface area contributed by atoms with Crippen LogP contribution in [-0.4, -0.2) is 50.2 Å². The van der Waals surface area contributed by atoms with Crippen molar-refractivity contribution in [1.29, 1.82) is 0 Å². The topological polar surface area (TPSA) is 126 Å². The van der Waals surface area contributed by atoms with Gasteiger partial charge in [0, 0.05) is 48.0 Å². The van der Waals surface area contributed by atoms with E-state index < -0.39 is 11.9 Å². The number of nitrogens with one attached hydrogen (secondary N) is 1. The summed E-state index contributed by atoms with van der Waals surface area (Å²) in [4.78, 5) is 25.9. The maximum Gasteiger partial charge on any atom is 0.407 e. The molecule has 1 atom stereocenters. The van der Waals surface area contributed by atoms with E-state index in [1.165, 1.54) is 11.0 Å². The number of halogens is 1. The summed E-state index contributed by atoms with van der Waals surface area (Å²) in [5.41, 5.74) is 7.65. The van der Waals surface area contributed by atoms with Gasteiger partial charge in [0.25, 0.3) is 0 Å². The number of nitrogen functional groups attached to an aromatic ring is 1. The summed E-state index contributed by atoms with van der Waals surface area (Å²) in [7, 11) is 0. The second-order valence-electron chi connectivity index (χ2n) is 8.25. The Balaban J connectivity index is 1.45. The fourth-order valence-corrected chi connectivity index (χ4v) is 4.22. The molecule has 4 N–H and O–H groups in total. The molecule has 0 radical (unpaired) electrons. The highest BCUT2D eigenvalue weighted by Crippen LogP contribution is 2.37. The van der Waals surface area contributed by atoms with E-state index >= 15 is 0 Å². The number of carboxylic acid groups (broad SMARTS) is 1. The lowest BCUT2D eigenvalue weighted by atomic mass is 10.1. The molecular weight excluding hydrogens is 451 g/mol. The standard InChI is InChI=1S/C25H23FN6O3/c26-19-9-8-16-17(5-1-7-20(16)27)22(19)35-23-18(6-2-11-28-23)21-10-12-29-24(31-21)30-15-4-3-13-32(14-15)25(33)34/h1-2,5-12,15H,3-4,13-14,27H2,(H,33,34)(H,29,30,31). The number of piperidine rings is 1. The van der Waals surface area contributed by atoms with Crippen LogP contribution in [0.3, 0.4) is 0 Å². The third-order valence-electron chi connectivity index (χ3n) is 5.92. The van der Waals surface area contributed by atoms with Crippen LogP contribution in [0.2, 0.25) is 0 Å². The summed E-state index contributed by atoms with van der Waals surface area (Å²) < 4.78 is 20.8. The highest BCUT2D eigenvalue weighted by molar-refractivity contribution is 5.97. The molecule has 5 rings (SSSR count). The minimum Gasteiger partial charge on any atom is -0.465 e. The molecule has 2 aromatic heterocycles. The largest absolute Gasteiger partial charge is 0.465 e. The van der Waals surface area contributed by atoms with Gasteiger partial charge in [0.2, 0.25) is 11.8 Å². The molecule has 0 spiro atoms. The van der Waals surface area contributed by atoms with Gasteiger partial charge in [0.05, 0.1) is 11.3 Å². The zero-order valence-electron chi connectivity index (χ0n) is 18.7. The number of aromatic nitrogens is 3. The van der Waals surface area contributed by atoms with Gasteiger partial charge in [-0.25, -0.2) is 24.1 Å². The first kappa shape index (κ1) is 22.3. The number of ether oxygens (including phenoxy) is 1. The third-order valence-corrected chi connectivity index (χ3v) is 5.92. The summed E-state index contributed by atoms with van der Waals surface area (Å²) in [6.07, 6.45) is 3.77. The number of pyridine rings is 1. The van der Waals surface area contributed by atoms with Crippen molar-refractivity contribution in [3.05, 3.63) is 66.7 Å². The number of hydrogen-bond acceptors (Lipinski definition) is 7. The van der Waals surface area contributed by atoms with E-state index in [-0.39, 0.29) is 17.7 Å². The molecular formula is C25H23FN6O3. The number of fused-ring (bicyclic) bond motifs is 1. The number of amides is 1. The number of hydrogen-bond donors (Lipinski definition) is 3. The molecule has 1 amide bonds. The normalized spacial score (nSPS) is 15.7. The molecule has 4 aromatic rings. The van der Waals surface area contributed by atoms with Crippen LogP contribution in [0, 0.1) is 5.82 Å². The second kappa shape index (κ2) is 9.41. The highest BCUT2D eigenvalue weighted by Gasteiger charge is 2.24. The van der Waals surface area contributed by atoms with Crippen molar-refractivity contribution in [2.24, 2.45) is 0 Å². The monoisotopic (exact) mass is 474 g/mol. The third kappa shape index (κ3) is 4.63. The maximum absolute atomic E-state index is 14.8. The predicted molar refractivity (Wildman–Crippen MR) is 130 cm³/mol. The van der Waals surface area contributed by atoms with Gasteiger partial charge >= 0.3 is 6.09 Å². The Bertz CT molecular complexity index is 1400. The van der Waals surface area contributed by atoms with Gasteiger partial charge in [-0.2, -0.15) is 0 Å². The SMILES string of the molecule is Nc1cccc2c(Oc3ncccc3-c3ccnc(NC4CCCN(C(=O)O)C4)n3)c(F)ccc12. The van der Waals surface area contributed by atoms with Crippen molar-refractivity contribution in [2.75, 3.05) is 24.1 Å². The maximum atomic E-state index is 14.8. The molecule has 1 aliphatic rings. The Morgan fingerprint density at radius 1 is 1.11 bits per heavy atom. The van der Waals surface area contributed by atoms with Crippen LogP contribution < -0.4 is 15.8 Å². The van der Waals surface area contributed by atoms with E-state index in [1.807, 2.05) is 0 Å². The van der Waals surface area contributed by atoms with Crippen LogP contribution in [-0.2, 0) is 0 Å². The summed E-state index contributed by atoms with van der Waals surface area (Å²) in [5.74, 6) is 0.0301. The lowest BCUT2D eigenvalue weighted by Gasteiger charge is -2.31. The smallest absolute Gasteiger partial charge is 0.407 e. The Kier molecular flexibility index (Phi) is 6.01. The van der Waals surface area contributed by atoms with Gasteiger partial charge in [-0.3, -0.25) is 0 Å². The molecule has 1 unspecified atom stereocenters. The molecule has 0 bridgehead atoms. The van der Waals surface area contributed by atoms with E-state index in [0.29, 0.717) is 46.8 Å². The zero-order valence-corrected chi connectivity index (χ0v) is 18.7. The van der Waals surface area contributed by atoms with Crippen molar-refractivity contribution in [3.8, 4) is 22.9 Å². The predicted octanol–water partition coefficient (Wildman–Crippen LogP) is 4.76. The van der Waals surface area contributed by atoms with E-state index in [9.17, 15) is 14.3 Å². The van der Waals surface area contributed by atoms with Gasteiger partial charge in [-0.15, -0.1) is 0 Å². The molecule has 3 heterocycles. The number of likely N-dealkylation sites (tertiary alicyclic amines) is 1. The van der Waals surface area contributed by atoms with Crippen LogP contribution >= 0.6 is 0 Å². The Labute approximate surface area is 200 Å². The fourth-order valence-electron chi connectivity index (χ4n) is 4.22.